The van der Waals surface area contributed by atoms with Crippen LogP contribution in [0, 0.1) is 12.8 Å². The SMILES string of the molecule is CCC1CCC(Nc2ccccc2-c2nc(C)no2)C1. The number of hydrogen-bond donors (Lipinski definition) is 1. The van der Waals surface area contributed by atoms with Gasteiger partial charge in [-0.1, -0.05) is 30.6 Å². The maximum absolute atomic E-state index is 5.30. The van der Waals surface area contributed by atoms with Crippen molar-refractivity contribution in [1.82, 2.24) is 10.1 Å². The maximum atomic E-state index is 5.30. The van der Waals surface area contributed by atoms with E-state index >= 15 is 0 Å². The molecule has 1 aliphatic carbocycles. The summed E-state index contributed by atoms with van der Waals surface area (Å²) in [4.78, 5) is 4.33. The van der Waals surface area contributed by atoms with E-state index in [2.05, 4.69) is 28.4 Å². The highest BCUT2D eigenvalue weighted by atomic mass is 16.5. The second-order valence-electron chi connectivity index (χ2n) is 5.62. The molecule has 3 rings (SSSR count). The van der Waals surface area contributed by atoms with Gasteiger partial charge in [-0.2, -0.15) is 4.98 Å². The summed E-state index contributed by atoms with van der Waals surface area (Å²) in [7, 11) is 0. The minimum Gasteiger partial charge on any atom is -0.382 e. The first kappa shape index (κ1) is 13.2. The van der Waals surface area contributed by atoms with E-state index < -0.39 is 0 Å². The molecule has 0 radical (unpaired) electrons. The number of anilines is 1. The second kappa shape index (κ2) is 5.65. The molecule has 0 spiro atoms. The molecule has 1 aliphatic rings. The van der Waals surface area contributed by atoms with E-state index in [0.717, 1.165) is 17.2 Å². The van der Waals surface area contributed by atoms with Gasteiger partial charge < -0.3 is 9.84 Å². The molecule has 2 atom stereocenters. The summed E-state index contributed by atoms with van der Waals surface area (Å²) < 4.78 is 5.30. The first-order valence-corrected chi connectivity index (χ1v) is 7.42. The Morgan fingerprint density at radius 1 is 1.30 bits per heavy atom. The van der Waals surface area contributed by atoms with Crippen molar-refractivity contribution in [3.05, 3.63) is 30.1 Å². The van der Waals surface area contributed by atoms with Crippen molar-refractivity contribution < 1.29 is 4.52 Å². The number of rotatable bonds is 4. The number of para-hydroxylation sites is 1. The fourth-order valence-corrected chi connectivity index (χ4v) is 3.00. The van der Waals surface area contributed by atoms with Crippen LogP contribution in [0.15, 0.2) is 28.8 Å². The Morgan fingerprint density at radius 2 is 2.15 bits per heavy atom. The Bertz CT molecular complexity index is 579. The molecule has 0 amide bonds. The molecule has 0 bridgehead atoms. The minimum atomic E-state index is 0.560. The minimum absolute atomic E-state index is 0.560. The number of aromatic nitrogens is 2. The fraction of sp³-hybridized carbons (Fsp3) is 0.500. The predicted octanol–water partition coefficient (Wildman–Crippen LogP) is 4.04. The van der Waals surface area contributed by atoms with Crippen molar-refractivity contribution in [1.29, 1.82) is 0 Å². The molecule has 1 fully saturated rings. The molecular weight excluding hydrogens is 250 g/mol. The number of nitrogens with zero attached hydrogens (tertiary/aromatic N) is 2. The van der Waals surface area contributed by atoms with Crippen molar-refractivity contribution in [2.45, 2.75) is 45.6 Å². The van der Waals surface area contributed by atoms with E-state index in [9.17, 15) is 0 Å². The van der Waals surface area contributed by atoms with E-state index in [0.29, 0.717) is 17.8 Å². The molecule has 20 heavy (non-hydrogen) atoms. The van der Waals surface area contributed by atoms with Crippen LogP contribution in [0.2, 0.25) is 0 Å². The zero-order chi connectivity index (χ0) is 13.9. The van der Waals surface area contributed by atoms with Crippen LogP contribution >= 0.6 is 0 Å². The lowest BCUT2D eigenvalue weighted by Crippen LogP contribution is -2.16. The third-order valence-corrected chi connectivity index (χ3v) is 4.16. The molecule has 4 heteroatoms. The quantitative estimate of drug-likeness (QED) is 0.912. The van der Waals surface area contributed by atoms with Crippen LogP contribution in [-0.4, -0.2) is 16.2 Å². The van der Waals surface area contributed by atoms with Crippen LogP contribution in [0.4, 0.5) is 5.69 Å². The van der Waals surface area contributed by atoms with E-state index in [-0.39, 0.29) is 0 Å². The Labute approximate surface area is 119 Å². The zero-order valence-corrected chi connectivity index (χ0v) is 12.1. The van der Waals surface area contributed by atoms with Crippen molar-refractivity contribution in [2.24, 2.45) is 5.92 Å². The number of hydrogen-bond acceptors (Lipinski definition) is 4. The van der Waals surface area contributed by atoms with Gasteiger partial charge in [0.15, 0.2) is 5.82 Å². The van der Waals surface area contributed by atoms with Gasteiger partial charge >= 0.3 is 0 Å². The summed E-state index contributed by atoms with van der Waals surface area (Å²) >= 11 is 0. The molecule has 1 saturated carbocycles. The normalized spacial score (nSPS) is 22.1. The van der Waals surface area contributed by atoms with E-state index in [1.165, 1.54) is 25.7 Å². The van der Waals surface area contributed by atoms with Gasteiger partial charge in [-0.15, -0.1) is 0 Å². The third-order valence-electron chi connectivity index (χ3n) is 4.16. The number of benzene rings is 1. The number of nitrogens with one attached hydrogen (secondary N) is 1. The molecule has 106 valence electrons. The average molecular weight is 271 g/mol. The molecule has 0 aliphatic heterocycles. The predicted molar refractivity (Wildman–Crippen MR) is 79.5 cm³/mol. The van der Waals surface area contributed by atoms with Gasteiger partial charge in [0.1, 0.15) is 0 Å². The van der Waals surface area contributed by atoms with E-state index in [4.69, 9.17) is 4.52 Å². The van der Waals surface area contributed by atoms with Gasteiger partial charge in [-0.3, -0.25) is 0 Å². The first-order chi connectivity index (χ1) is 9.76. The van der Waals surface area contributed by atoms with E-state index in [1.807, 2.05) is 25.1 Å². The third kappa shape index (κ3) is 2.69. The van der Waals surface area contributed by atoms with Crippen LogP contribution in [-0.2, 0) is 0 Å². The van der Waals surface area contributed by atoms with Crippen molar-refractivity contribution in [3.63, 3.8) is 0 Å². The monoisotopic (exact) mass is 271 g/mol. The summed E-state index contributed by atoms with van der Waals surface area (Å²) in [6.07, 6.45) is 5.11. The van der Waals surface area contributed by atoms with Gasteiger partial charge in [0, 0.05) is 11.7 Å². The first-order valence-electron chi connectivity index (χ1n) is 7.42. The Kier molecular flexibility index (Phi) is 3.72. The van der Waals surface area contributed by atoms with Crippen LogP contribution in [0.3, 0.4) is 0 Å². The number of aryl methyl sites for hydroxylation is 1. The van der Waals surface area contributed by atoms with Gasteiger partial charge in [0.25, 0.3) is 5.89 Å². The molecule has 1 N–H and O–H groups in total. The standard InChI is InChI=1S/C16H21N3O/c1-3-12-8-9-13(10-12)18-15-7-5-4-6-14(15)16-17-11(2)19-20-16/h4-7,12-13,18H,3,8-10H2,1-2H3. The lowest BCUT2D eigenvalue weighted by Gasteiger charge is -2.16. The lowest BCUT2D eigenvalue weighted by atomic mass is 10.1. The Morgan fingerprint density at radius 3 is 2.85 bits per heavy atom. The fourth-order valence-electron chi connectivity index (χ4n) is 3.00. The molecular formula is C16H21N3O. The zero-order valence-electron chi connectivity index (χ0n) is 12.1. The molecule has 1 aromatic heterocycles. The smallest absolute Gasteiger partial charge is 0.260 e. The van der Waals surface area contributed by atoms with Crippen molar-refractivity contribution in [2.75, 3.05) is 5.32 Å². The van der Waals surface area contributed by atoms with Crippen molar-refractivity contribution >= 4 is 5.69 Å². The Balaban J connectivity index is 1.80. The lowest BCUT2D eigenvalue weighted by molar-refractivity contribution is 0.425. The second-order valence-corrected chi connectivity index (χ2v) is 5.62. The highest BCUT2D eigenvalue weighted by molar-refractivity contribution is 5.72. The topological polar surface area (TPSA) is 51.0 Å². The van der Waals surface area contributed by atoms with Gasteiger partial charge in [0.05, 0.1) is 5.56 Å². The van der Waals surface area contributed by atoms with Gasteiger partial charge in [0.2, 0.25) is 0 Å². The van der Waals surface area contributed by atoms with Crippen LogP contribution in [0.1, 0.15) is 38.4 Å². The molecule has 1 aromatic carbocycles. The highest BCUT2D eigenvalue weighted by Crippen LogP contribution is 2.33. The van der Waals surface area contributed by atoms with Crippen LogP contribution < -0.4 is 5.32 Å². The summed E-state index contributed by atoms with van der Waals surface area (Å²) in [5.74, 6) is 2.13. The summed E-state index contributed by atoms with van der Waals surface area (Å²) in [6, 6.07) is 8.73. The summed E-state index contributed by atoms with van der Waals surface area (Å²) in [6.45, 7) is 4.12. The average Bonchev–Trinajstić information content (AvgIpc) is 3.08. The summed E-state index contributed by atoms with van der Waals surface area (Å²) in [5.41, 5.74) is 2.09. The highest BCUT2D eigenvalue weighted by Gasteiger charge is 2.24. The van der Waals surface area contributed by atoms with E-state index in [1.54, 1.807) is 0 Å². The Hall–Kier alpha value is -1.84. The molecule has 1 heterocycles. The van der Waals surface area contributed by atoms with Crippen molar-refractivity contribution in [3.8, 4) is 11.5 Å². The molecule has 2 aromatic rings. The van der Waals surface area contributed by atoms with Gasteiger partial charge in [-0.05, 0) is 44.2 Å². The van der Waals surface area contributed by atoms with Gasteiger partial charge in [-0.25, -0.2) is 0 Å². The maximum Gasteiger partial charge on any atom is 0.260 e. The molecule has 4 nitrogen and oxygen atoms in total. The summed E-state index contributed by atoms with van der Waals surface area (Å²) in [5, 5.41) is 7.53. The largest absolute Gasteiger partial charge is 0.382 e. The van der Waals surface area contributed by atoms with Crippen LogP contribution in [0.25, 0.3) is 11.5 Å². The molecule has 0 saturated heterocycles. The van der Waals surface area contributed by atoms with Crippen LogP contribution in [0.5, 0.6) is 0 Å². The molecule has 2 unspecified atom stereocenters.